The third kappa shape index (κ3) is 3.71. The Morgan fingerprint density at radius 2 is 1.55 bits per heavy atom. The number of carboxylic acids is 1. The largest absolute Gasteiger partial charge is 0.481 e. The summed E-state index contributed by atoms with van der Waals surface area (Å²) in [5.41, 5.74) is 3.20. The number of aliphatic carboxylic acids is 1. The van der Waals surface area contributed by atoms with E-state index in [1.807, 2.05) is 0 Å². The van der Waals surface area contributed by atoms with Gasteiger partial charge < -0.3 is 5.11 Å². The fourth-order valence-electron chi connectivity index (χ4n) is 3.55. The zero-order chi connectivity index (χ0) is 15.6. The van der Waals surface area contributed by atoms with Gasteiger partial charge in [-0.2, -0.15) is 0 Å². The Hall–Kier alpha value is -1.31. The highest BCUT2D eigenvalue weighted by atomic mass is 16.4. The van der Waals surface area contributed by atoms with Crippen LogP contribution in [0, 0.1) is 10.8 Å². The maximum Gasteiger partial charge on any atom is 0.309 e. The molecule has 2 fully saturated rings. The molecule has 0 aliphatic heterocycles. The molecule has 3 rings (SSSR count). The van der Waals surface area contributed by atoms with Gasteiger partial charge in [-0.3, -0.25) is 4.79 Å². The SMILES string of the molecule is CC1(CCCc2ccccc2CCCC2(C(=O)O)CC2)CC1. The van der Waals surface area contributed by atoms with Crippen LogP contribution < -0.4 is 0 Å². The third-order valence-electron chi connectivity index (χ3n) is 5.86. The van der Waals surface area contributed by atoms with Gasteiger partial charge >= 0.3 is 5.97 Å². The predicted molar refractivity (Wildman–Crippen MR) is 89.0 cm³/mol. The van der Waals surface area contributed by atoms with Crippen LogP contribution in [0.25, 0.3) is 0 Å². The van der Waals surface area contributed by atoms with E-state index in [9.17, 15) is 9.90 Å². The molecule has 0 heterocycles. The van der Waals surface area contributed by atoms with Crippen molar-refractivity contribution < 1.29 is 9.90 Å². The van der Waals surface area contributed by atoms with E-state index in [0.29, 0.717) is 5.41 Å². The Morgan fingerprint density at radius 1 is 1.00 bits per heavy atom. The number of carbonyl (C=O) groups is 1. The lowest BCUT2D eigenvalue weighted by Crippen LogP contribution is -2.14. The molecule has 1 aromatic rings. The number of aryl methyl sites for hydroxylation is 2. The molecule has 0 amide bonds. The highest BCUT2D eigenvalue weighted by Crippen LogP contribution is 2.50. The molecule has 0 spiro atoms. The maximum absolute atomic E-state index is 11.2. The maximum atomic E-state index is 11.2. The average molecular weight is 300 g/mol. The molecule has 1 aromatic carbocycles. The van der Waals surface area contributed by atoms with E-state index < -0.39 is 5.97 Å². The number of rotatable bonds is 9. The van der Waals surface area contributed by atoms with Crippen LogP contribution in [-0.2, 0) is 17.6 Å². The molecule has 120 valence electrons. The minimum atomic E-state index is -0.585. The third-order valence-corrected chi connectivity index (χ3v) is 5.86. The fourth-order valence-corrected chi connectivity index (χ4v) is 3.55. The number of benzene rings is 1. The van der Waals surface area contributed by atoms with Crippen molar-refractivity contribution in [1.82, 2.24) is 0 Å². The Labute approximate surface area is 133 Å². The van der Waals surface area contributed by atoms with E-state index >= 15 is 0 Å². The van der Waals surface area contributed by atoms with E-state index in [4.69, 9.17) is 0 Å². The van der Waals surface area contributed by atoms with Crippen LogP contribution in [0.3, 0.4) is 0 Å². The van der Waals surface area contributed by atoms with Gasteiger partial charge in [0, 0.05) is 0 Å². The van der Waals surface area contributed by atoms with Crippen molar-refractivity contribution in [2.75, 3.05) is 0 Å². The van der Waals surface area contributed by atoms with Gasteiger partial charge in [0.15, 0.2) is 0 Å². The van der Waals surface area contributed by atoms with Crippen molar-refractivity contribution in [3.63, 3.8) is 0 Å². The molecule has 2 nitrogen and oxygen atoms in total. The molecule has 2 heteroatoms. The molecule has 2 aliphatic carbocycles. The van der Waals surface area contributed by atoms with Crippen molar-refractivity contribution in [2.45, 2.75) is 71.1 Å². The van der Waals surface area contributed by atoms with Gasteiger partial charge in [-0.15, -0.1) is 0 Å². The molecule has 0 unspecified atom stereocenters. The molecule has 2 aliphatic rings. The summed E-state index contributed by atoms with van der Waals surface area (Å²) in [6.45, 7) is 2.40. The Kier molecular flexibility index (Phi) is 4.29. The Morgan fingerprint density at radius 3 is 2.00 bits per heavy atom. The predicted octanol–water partition coefficient (Wildman–Crippen LogP) is 5.00. The first-order valence-electron chi connectivity index (χ1n) is 8.83. The van der Waals surface area contributed by atoms with Gasteiger partial charge in [-0.1, -0.05) is 31.2 Å². The van der Waals surface area contributed by atoms with Crippen molar-refractivity contribution in [3.05, 3.63) is 35.4 Å². The van der Waals surface area contributed by atoms with Crippen LogP contribution in [0.5, 0.6) is 0 Å². The zero-order valence-electron chi connectivity index (χ0n) is 13.7. The first-order chi connectivity index (χ1) is 10.5. The molecule has 2 saturated carbocycles. The highest BCUT2D eigenvalue weighted by Gasteiger charge is 2.49. The summed E-state index contributed by atoms with van der Waals surface area (Å²) in [5.74, 6) is -0.585. The second-order valence-corrected chi connectivity index (χ2v) is 7.87. The number of hydrogen-bond acceptors (Lipinski definition) is 1. The van der Waals surface area contributed by atoms with Crippen molar-refractivity contribution in [3.8, 4) is 0 Å². The minimum Gasteiger partial charge on any atom is -0.481 e. The van der Waals surface area contributed by atoms with Crippen LogP contribution in [0.15, 0.2) is 24.3 Å². The number of hydrogen-bond donors (Lipinski definition) is 1. The summed E-state index contributed by atoms with van der Waals surface area (Å²) >= 11 is 0. The fraction of sp³-hybridized carbons (Fsp3) is 0.650. The Balaban J connectivity index is 1.49. The van der Waals surface area contributed by atoms with Gasteiger partial charge in [0.1, 0.15) is 0 Å². The van der Waals surface area contributed by atoms with Gasteiger partial charge in [0.05, 0.1) is 5.41 Å². The van der Waals surface area contributed by atoms with Crippen LogP contribution in [0.2, 0.25) is 0 Å². The first kappa shape index (κ1) is 15.6. The lowest BCUT2D eigenvalue weighted by atomic mass is 9.92. The molecule has 1 N–H and O–H groups in total. The molecular weight excluding hydrogens is 272 g/mol. The molecule has 22 heavy (non-hydrogen) atoms. The van der Waals surface area contributed by atoms with Crippen molar-refractivity contribution in [1.29, 1.82) is 0 Å². The van der Waals surface area contributed by atoms with Crippen LogP contribution >= 0.6 is 0 Å². The average Bonchev–Trinajstić information content (AvgIpc) is 3.39. The molecule has 0 radical (unpaired) electrons. The summed E-state index contributed by atoms with van der Waals surface area (Å²) in [6, 6.07) is 8.74. The van der Waals surface area contributed by atoms with Gasteiger partial charge in [0.2, 0.25) is 0 Å². The molecule has 0 bridgehead atoms. The van der Waals surface area contributed by atoms with Crippen LogP contribution in [0.1, 0.15) is 69.4 Å². The summed E-state index contributed by atoms with van der Waals surface area (Å²) < 4.78 is 0. The lowest BCUT2D eigenvalue weighted by molar-refractivity contribution is -0.143. The lowest BCUT2D eigenvalue weighted by Gasteiger charge is -2.13. The van der Waals surface area contributed by atoms with Crippen molar-refractivity contribution in [2.24, 2.45) is 10.8 Å². The van der Waals surface area contributed by atoms with Gasteiger partial charge in [0.25, 0.3) is 0 Å². The quantitative estimate of drug-likeness (QED) is 0.697. The van der Waals surface area contributed by atoms with E-state index in [1.165, 1.54) is 43.2 Å². The van der Waals surface area contributed by atoms with Gasteiger partial charge in [-0.05, 0) is 80.8 Å². The summed E-state index contributed by atoms with van der Waals surface area (Å²) in [4.78, 5) is 11.2. The minimum absolute atomic E-state index is 0.366. The van der Waals surface area contributed by atoms with Crippen molar-refractivity contribution >= 4 is 5.97 Å². The number of carboxylic acid groups (broad SMARTS) is 1. The summed E-state index contributed by atoms with van der Waals surface area (Å²) in [7, 11) is 0. The standard InChI is InChI=1S/C20H28O2/c1-19(12-13-19)10-4-8-16-6-2-3-7-17(16)9-5-11-20(14-15-20)18(21)22/h2-3,6-7H,4-5,8-15H2,1H3,(H,21,22). The molecule has 0 aromatic heterocycles. The highest BCUT2D eigenvalue weighted by molar-refractivity contribution is 5.77. The normalized spacial score (nSPS) is 20.6. The van der Waals surface area contributed by atoms with E-state index in [1.54, 1.807) is 0 Å². The van der Waals surface area contributed by atoms with E-state index in [2.05, 4.69) is 31.2 Å². The topological polar surface area (TPSA) is 37.3 Å². The van der Waals surface area contributed by atoms with Gasteiger partial charge in [-0.25, -0.2) is 0 Å². The Bertz CT molecular complexity index is 538. The molecule has 0 atom stereocenters. The monoisotopic (exact) mass is 300 g/mol. The first-order valence-corrected chi connectivity index (χ1v) is 8.83. The van der Waals surface area contributed by atoms with Crippen LogP contribution in [0.4, 0.5) is 0 Å². The molecule has 0 saturated heterocycles. The second kappa shape index (κ2) is 6.06. The second-order valence-electron chi connectivity index (χ2n) is 7.87. The van der Waals surface area contributed by atoms with E-state index in [-0.39, 0.29) is 5.41 Å². The zero-order valence-corrected chi connectivity index (χ0v) is 13.7. The molecular formula is C20H28O2. The van der Waals surface area contributed by atoms with Crippen LogP contribution in [-0.4, -0.2) is 11.1 Å². The van der Waals surface area contributed by atoms with E-state index in [0.717, 1.165) is 32.1 Å². The summed E-state index contributed by atoms with van der Waals surface area (Å²) in [5, 5.41) is 9.25. The smallest absolute Gasteiger partial charge is 0.309 e. The summed E-state index contributed by atoms with van der Waals surface area (Å²) in [6.07, 6.45) is 11.3.